The lowest BCUT2D eigenvalue weighted by atomic mass is 10.2. The van der Waals surface area contributed by atoms with E-state index >= 15 is 0 Å². The van der Waals surface area contributed by atoms with Crippen LogP contribution in [0, 0.1) is 5.82 Å². The third-order valence-electron chi connectivity index (χ3n) is 3.45. The summed E-state index contributed by atoms with van der Waals surface area (Å²) in [5.74, 6) is -3.98. The Morgan fingerprint density at radius 3 is 2.42 bits per heavy atom. The van der Waals surface area contributed by atoms with Gasteiger partial charge in [-0.05, 0) is 29.8 Å². The van der Waals surface area contributed by atoms with Gasteiger partial charge in [-0.25, -0.2) is 12.8 Å². The minimum Gasteiger partial charge on any atom is -0.494 e. The summed E-state index contributed by atoms with van der Waals surface area (Å²) in [5.41, 5.74) is 0.661. The summed E-state index contributed by atoms with van der Waals surface area (Å²) in [6, 6.07) is 9.78. The van der Waals surface area contributed by atoms with Gasteiger partial charge in [-0.2, -0.15) is 8.78 Å². The molecular formula is C16H16F3NO3S. The number of ether oxygens (including phenoxy) is 1. The zero-order valence-corrected chi connectivity index (χ0v) is 13.9. The molecular weight excluding hydrogens is 343 g/mol. The van der Waals surface area contributed by atoms with Gasteiger partial charge in [0.25, 0.3) is 0 Å². The SMILES string of the molecule is COc1ccc(CN(C)c2ccccc2S(=O)(=O)C(F)F)cc1F. The van der Waals surface area contributed by atoms with Gasteiger partial charge in [-0.3, -0.25) is 0 Å². The maximum absolute atomic E-state index is 13.7. The molecule has 0 radical (unpaired) electrons. The average molecular weight is 359 g/mol. The van der Waals surface area contributed by atoms with Crippen LogP contribution in [-0.4, -0.2) is 28.3 Å². The number of hydrogen-bond acceptors (Lipinski definition) is 4. The molecule has 0 aromatic heterocycles. The maximum atomic E-state index is 13.7. The summed E-state index contributed by atoms with van der Waals surface area (Å²) in [4.78, 5) is 1.01. The van der Waals surface area contributed by atoms with E-state index in [0.29, 0.717) is 5.56 Å². The first-order chi connectivity index (χ1) is 11.3. The van der Waals surface area contributed by atoms with Crippen molar-refractivity contribution < 1.29 is 26.3 Å². The molecule has 0 saturated heterocycles. The summed E-state index contributed by atoms with van der Waals surface area (Å²) in [7, 11) is -1.85. The van der Waals surface area contributed by atoms with Crippen LogP contribution in [0.5, 0.6) is 5.75 Å². The lowest BCUT2D eigenvalue weighted by Gasteiger charge is -2.22. The molecule has 130 valence electrons. The average Bonchev–Trinajstić information content (AvgIpc) is 2.54. The van der Waals surface area contributed by atoms with E-state index in [9.17, 15) is 21.6 Å². The monoisotopic (exact) mass is 359 g/mol. The third kappa shape index (κ3) is 3.64. The van der Waals surface area contributed by atoms with Gasteiger partial charge in [0.15, 0.2) is 11.6 Å². The Hall–Kier alpha value is -2.22. The van der Waals surface area contributed by atoms with Crippen molar-refractivity contribution in [2.24, 2.45) is 0 Å². The van der Waals surface area contributed by atoms with E-state index in [1.165, 1.54) is 36.3 Å². The molecule has 4 nitrogen and oxygen atoms in total. The first-order valence-electron chi connectivity index (χ1n) is 6.92. The molecule has 0 unspecified atom stereocenters. The number of para-hydroxylation sites is 1. The van der Waals surface area contributed by atoms with Crippen molar-refractivity contribution in [1.29, 1.82) is 0 Å². The Kier molecular flexibility index (Phi) is 5.38. The Balaban J connectivity index is 2.34. The topological polar surface area (TPSA) is 46.6 Å². The van der Waals surface area contributed by atoms with Crippen molar-refractivity contribution in [2.75, 3.05) is 19.1 Å². The van der Waals surface area contributed by atoms with Crippen molar-refractivity contribution in [3.8, 4) is 5.75 Å². The fourth-order valence-electron chi connectivity index (χ4n) is 2.28. The third-order valence-corrected chi connectivity index (χ3v) is 4.88. The summed E-state index contributed by atoms with van der Waals surface area (Å²) in [6.45, 7) is 0.136. The second-order valence-electron chi connectivity index (χ2n) is 5.10. The number of anilines is 1. The largest absolute Gasteiger partial charge is 0.494 e. The molecule has 0 spiro atoms. The smallest absolute Gasteiger partial charge is 0.341 e. The Labute approximate surface area is 138 Å². The van der Waals surface area contributed by atoms with E-state index in [1.54, 1.807) is 19.2 Å². The molecule has 0 aliphatic carbocycles. The van der Waals surface area contributed by atoms with Crippen LogP contribution in [0.15, 0.2) is 47.4 Å². The highest BCUT2D eigenvalue weighted by Crippen LogP contribution is 2.29. The van der Waals surface area contributed by atoms with Gasteiger partial charge in [0.1, 0.15) is 0 Å². The fourth-order valence-corrected chi connectivity index (χ4v) is 3.25. The fraction of sp³-hybridized carbons (Fsp3) is 0.250. The van der Waals surface area contributed by atoms with Crippen molar-refractivity contribution in [3.05, 3.63) is 53.8 Å². The van der Waals surface area contributed by atoms with Gasteiger partial charge in [-0.15, -0.1) is 0 Å². The number of rotatable bonds is 6. The molecule has 0 fully saturated rings. The molecule has 2 rings (SSSR count). The molecule has 0 aliphatic rings. The normalized spacial score (nSPS) is 11.6. The first-order valence-corrected chi connectivity index (χ1v) is 8.46. The molecule has 24 heavy (non-hydrogen) atoms. The molecule has 8 heteroatoms. The minimum atomic E-state index is -4.73. The number of halogens is 3. The highest BCUT2D eigenvalue weighted by molar-refractivity contribution is 7.91. The highest BCUT2D eigenvalue weighted by atomic mass is 32.2. The van der Waals surface area contributed by atoms with E-state index < -0.39 is 26.3 Å². The van der Waals surface area contributed by atoms with Crippen LogP contribution >= 0.6 is 0 Å². The standard InChI is InChI=1S/C16H16F3NO3S/c1-20(10-11-7-8-14(23-2)12(17)9-11)13-5-3-4-6-15(13)24(21,22)16(18)19/h3-9,16H,10H2,1-2H3. The van der Waals surface area contributed by atoms with Crippen molar-refractivity contribution in [3.63, 3.8) is 0 Å². The van der Waals surface area contributed by atoms with Gasteiger partial charge >= 0.3 is 5.76 Å². The number of alkyl halides is 2. The summed E-state index contributed by atoms with van der Waals surface area (Å²) >= 11 is 0. The zero-order chi connectivity index (χ0) is 17.9. The van der Waals surface area contributed by atoms with Crippen LogP contribution in [0.25, 0.3) is 0 Å². The molecule has 0 bridgehead atoms. The number of nitrogens with zero attached hydrogens (tertiary/aromatic N) is 1. The molecule has 0 heterocycles. The van der Waals surface area contributed by atoms with Gasteiger partial charge in [0.05, 0.1) is 17.7 Å². The quantitative estimate of drug-likeness (QED) is 0.792. The lowest BCUT2D eigenvalue weighted by molar-refractivity contribution is 0.235. The number of methoxy groups -OCH3 is 1. The van der Waals surface area contributed by atoms with Crippen molar-refractivity contribution >= 4 is 15.5 Å². The summed E-state index contributed by atoms with van der Waals surface area (Å²) in [6.07, 6.45) is 0. The van der Waals surface area contributed by atoms with E-state index in [0.717, 1.165) is 6.07 Å². The molecule has 0 amide bonds. The van der Waals surface area contributed by atoms with Gasteiger partial charge in [-0.1, -0.05) is 18.2 Å². The van der Waals surface area contributed by atoms with Crippen molar-refractivity contribution in [2.45, 2.75) is 17.2 Å². The lowest BCUT2D eigenvalue weighted by Crippen LogP contribution is -2.21. The van der Waals surface area contributed by atoms with Gasteiger partial charge < -0.3 is 9.64 Å². The second-order valence-corrected chi connectivity index (χ2v) is 6.98. The molecule has 0 N–H and O–H groups in total. The van der Waals surface area contributed by atoms with Gasteiger partial charge in [0.2, 0.25) is 9.84 Å². The van der Waals surface area contributed by atoms with Crippen LogP contribution in [0.2, 0.25) is 0 Å². The minimum absolute atomic E-state index is 0.0853. The molecule has 0 aliphatic heterocycles. The molecule has 0 atom stereocenters. The molecule has 0 saturated carbocycles. The summed E-state index contributed by atoms with van der Waals surface area (Å²) in [5, 5.41) is 0. The van der Waals surface area contributed by atoms with Crippen LogP contribution in [0.1, 0.15) is 5.56 Å². The summed E-state index contributed by atoms with van der Waals surface area (Å²) < 4.78 is 67.8. The van der Waals surface area contributed by atoms with E-state index in [-0.39, 0.29) is 18.0 Å². The second kappa shape index (κ2) is 7.12. The van der Waals surface area contributed by atoms with E-state index in [4.69, 9.17) is 4.74 Å². The van der Waals surface area contributed by atoms with Crippen LogP contribution < -0.4 is 9.64 Å². The van der Waals surface area contributed by atoms with Gasteiger partial charge in [0, 0.05) is 13.6 Å². The Morgan fingerprint density at radius 1 is 1.17 bits per heavy atom. The van der Waals surface area contributed by atoms with E-state index in [2.05, 4.69) is 0 Å². The van der Waals surface area contributed by atoms with Crippen LogP contribution in [0.3, 0.4) is 0 Å². The number of benzene rings is 2. The number of sulfone groups is 1. The molecule has 2 aromatic rings. The van der Waals surface area contributed by atoms with Crippen LogP contribution in [-0.2, 0) is 16.4 Å². The highest BCUT2D eigenvalue weighted by Gasteiger charge is 2.29. The first kappa shape index (κ1) is 18.1. The Bertz CT molecular complexity index is 825. The Morgan fingerprint density at radius 2 is 1.83 bits per heavy atom. The van der Waals surface area contributed by atoms with Crippen LogP contribution in [0.4, 0.5) is 18.9 Å². The van der Waals surface area contributed by atoms with Crippen molar-refractivity contribution in [1.82, 2.24) is 0 Å². The number of hydrogen-bond donors (Lipinski definition) is 0. The predicted molar refractivity (Wildman–Crippen MR) is 84.7 cm³/mol. The molecule has 2 aromatic carbocycles. The zero-order valence-electron chi connectivity index (χ0n) is 13.0. The maximum Gasteiger partial charge on any atom is 0.341 e. The predicted octanol–water partition coefficient (Wildman–Crippen LogP) is 3.47. The van der Waals surface area contributed by atoms with E-state index in [1.807, 2.05) is 0 Å².